The van der Waals surface area contributed by atoms with Crippen molar-refractivity contribution in [3.05, 3.63) is 47.0 Å². The molecular formula is C17H16O3. The number of benzene rings is 1. The summed E-state index contributed by atoms with van der Waals surface area (Å²) in [7, 11) is 0. The Kier molecular flexibility index (Phi) is 3.13. The molecule has 0 radical (unpaired) electrons. The Bertz CT molecular complexity index is 640. The van der Waals surface area contributed by atoms with E-state index in [1.165, 1.54) is 6.08 Å². The number of carbonyl (C=O) groups excluding carboxylic acids is 3. The predicted molar refractivity (Wildman–Crippen MR) is 75.1 cm³/mol. The average molecular weight is 268 g/mol. The fraction of sp³-hybridized carbons (Fsp3) is 0.353. The molecular weight excluding hydrogens is 252 g/mol. The van der Waals surface area contributed by atoms with Gasteiger partial charge < -0.3 is 0 Å². The molecule has 0 heterocycles. The first-order valence-electron chi connectivity index (χ1n) is 7.03. The van der Waals surface area contributed by atoms with Gasteiger partial charge in [-0.3, -0.25) is 14.4 Å². The first kappa shape index (κ1) is 13.0. The molecule has 0 amide bonds. The molecule has 1 unspecified atom stereocenters. The van der Waals surface area contributed by atoms with Crippen molar-refractivity contribution in [3.63, 3.8) is 0 Å². The molecule has 1 aromatic rings. The number of allylic oxidation sites excluding steroid dienone is 1. The Hall–Kier alpha value is -2.03. The van der Waals surface area contributed by atoms with Gasteiger partial charge in [-0.05, 0) is 43.2 Å². The van der Waals surface area contributed by atoms with E-state index in [0.29, 0.717) is 11.1 Å². The van der Waals surface area contributed by atoms with E-state index >= 15 is 0 Å². The van der Waals surface area contributed by atoms with Gasteiger partial charge in [-0.25, -0.2) is 0 Å². The summed E-state index contributed by atoms with van der Waals surface area (Å²) in [6.07, 6.45) is 5.58. The van der Waals surface area contributed by atoms with E-state index in [1.807, 2.05) is 6.07 Å². The molecule has 0 bridgehead atoms. The number of fused-ring (bicyclic) bond motifs is 3. The number of hydrogen-bond acceptors (Lipinski definition) is 3. The van der Waals surface area contributed by atoms with Gasteiger partial charge in [0.25, 0.3) is 0 Å². The molecule has 3 nitrogen and oxygen atoms in total. The Labute approximate surface area is 117 Å². The summed E-state index contributed by atoms with van der Waals surface area (Å²) in [5.41, 5.74) is 2.86. The zero-order valence-electron chi connectivity index (χ0n) is 11.3. The molecule has 0 fully saturated rings. The van der Waals surface area contributed by atoms with Crippen molar-refractivity contribution in [2.24, 2.45) is 5.92 Å². The van der Waals surface area contributed by atoms with Crippen molar-refractivity contribution in [3.8, 4) is 0 Å². The second kappa shape index (κ2) is 4.82. The fourth-order valence-electron chi connectivity index (χ4n) is 3.26. The molecule has 20 heavy (non-hydrogen) atoms. The van der Waals surface area contributed by atoms with Crippen LogP contribution in [0.25, 0.3) is 0 Å². The Balaban J connectivity index is 2.18. The molecule has 102 valence electrons. The normalized spacial score (nSPS) is 21.4. The second-order valence-electron chi connectivity index (χ2n) is 5.47. The zero-order chi connectivity index (χ0) is 14.3. The third kappa shape index (κ3) is 1.77. The van der Waals surface area contributed by atoms with E-state index in [-0.39, 0.29) is 12.2 Å². The number of rotatable bonds is 2. The van der Waals surface area contributed by atoms with Gasteiger partial charge in [-0.1, -0.05) is 18.2 Å². The van der Waals surface area contributed by atoms with Crippen molar-refractivity contribution in [2.75, 3.05) is 0 Å². The van der Waals surface area contributed by atoms with Crippen LogP contribution in [-0.2, 0) is 17.6 Å². The van der Waals surface area contributed by atoms with Crippen LogP contribution in [0, 0.1) is 5.92 Å². The highest BCUT2D eigenvalue weighted by Crippen LogP contribution is 2.33. The highest BCUT2D eigenvalue weighted by Gasteiger charge is 2.41. The second-order valence-corrected chi connectivity index (χ2v) is 5.47. The van der Waals surface area contributed by atoms with Gasteiger partial charge in [-0.15, -0.1) is 6.58 Å². The highest BCUT2D eigenvalue weighted by molar-refractivity contribution is 6.52. The molecule has 2 aliphatic rings. The lowest BCUT2D eigenvalue weighted by Crippen LogP contribution is -2.38. The summed E-state index contributed by atoms with van der Waals surface area (Å²) in [6.45, 7) is 3.56. The summed E-state index contributed by atoms with van der Waals surface area (Å²) >= 11 is 0. The summed E-state index contributed by atoms with van der Waals surface area (Å²) in [5.74, 6) is -2.14. The average Bonchev–Trinajstić information content (AvgIpc) is 2.48. The fourth-order valence-corrected chi connectivity index (χ4v) is 3.26. The molecule has 0 aliphatic heterocycles. The van der Waals surface area contributed by atoms with Crippen LogP contribution in [0.3, 0.4) is 0 Å². The van der Waals surface area contributed by atoms with Crippen molar-refractivity contribution in [1.82, 2.24) is 0 Å². The lowest BCUT2D eigenvalue weighted by molar-refractivity contribution is -0.117. The third-order valence-electron chi connectivity index (χ3n) is 4.28. The Morgan fingerprint density at radius 1 is 1.10 bits per heavy atom. The van der Waals surface area contributed by atoms with Crippen LogP contribution in [0.5, 0.6) is 0 Å². The number of ketones is 3. The number of aryl methyl sites for hydroxylation is 1. The summed E-state index contributed by atoms with van der Waals surface area (Å²) < 4.78 is 0. The van der Waals surface area contributed by atoms with E-state index in [9.17, 15) is 14.4 Å². The van der Waals surface area contributed by atoms with Crippen LogP contribution in [0.15, 0.2) is 24.8 Å². The standard InChI is InChI=1S/C17H16O3/c1-2-5-13-15(18)12-9-8-10-6-3-4-7-11(10)14(12)17(20)16(13)19/h2,8-9,13H,1,3-7H2. The van der Waals surface area contributed by atoms with E-state index < -0.39 is 17.5 Å². The van der Waals surface area contributed by atoms with Gasteiger partial charge in [-0.2, -0.15) is 0 Å². The molecule has 3 heteroatoms. The van der Waals surface area contributed by atoms with Crippen LogP contribution in [0.4, 0.5) is 0 Å². The van der Waals surface area contributed by atoms with Crippen LogP contribution < -0.4 is 0 Å². The maximum atomic E-state index is 12.4. The summed E-state index contributed by atoms with van der Waals surface area (Å²) in [6, 6.07) is 3.67. The molecule has 0 N–H and O–H groups in total. The topological polar surface area (TPSA) is 51.2 Å². The Morgan fingerprint density at radius 3 is 2.60 bits per heavy atom. The monoisotopic (exact) mass is 268 g/mol. The van der Waals surface area contributed by atoms with E-state index in [2.05, 4.69) is 6.58 Å². The lowest BCUT2D eigenvalue weighted by Gasteiger charge is -2.26. The Morgan fingerprint density at radius 2 is 1.85 bits per heavy atom. The van der Waals surface area contributed by atoms with E-state index in [1.54, 1.807) is 6.07 Å². The molecule has 2 aliphatic carbocycles. The maximum absolute atomic E-state index is 12.4. The van der Waals surface area contributed by atoms with Crippen LogP contribution in [0.2, 0.25) is 0 Å². The minimum absolute atomic E-state index is 0.224. The van der Waals surface area contributed by atoms with Gasteiger partial charge in [0.15, 0.2) is 5.78 Å². The molecule has 0 saturated heterocycles. The third-order valence-corrected chi connectivity index (χ3v) is 4.28. The van der Waals surface area contributed by atoms with Gasteiger partial charge in [0.2, 0.25) is 11.6 Å². The predicted octanol–water partition coefficient (Wildman–Crippen LogP) is 2.71. The van der Waals surface area contributed by atoms with Crippen molar-refractivity contribution < 1.29 is 14.4 Å². The molecule has 1 atom stereocenters. The van der Waals surface area contributed by atoms with Crippen LogP contribution >= 0.6 is 0 Å². The largest absolute Gasteiger partial charge is 0.293 e. The number of carbonyl (C=O) groups is 3. The first-order chi connectivity index (χ1) is 9.65. The maximum Gasteiger partial charge on any atom is 0.230 e. The molecule has 1 aromatic carbocycles. The van der Waals surface area contributed by atoms with Gasteiger partial charge in [0, 0.05) is 11.1 Å². The summed E-state index contributed by atoms with van der Waals surface area (Å²) in [5, 5.41) is 0. The van der Waals surface area contributed by atoms with Crippen molar-refractivity contribution in [2.45, 2.75) is 32.1 Å². The number of hydrogen-bond donors (Lipinski definition) is 0. The SMILES string of the molecule is C=CCC1C(=O)C(=O)c2c(ccc3c2CCCC3)C1=O. The smallest absolute Gasteiger partial charge is 0.230 e. The zero-order valence-corrected chi connectivity index (χ0v) is 11.3. The van der Waals surface area contributed by atoms with E-state index in [0.717, 1.165) is 36.8 Å². The quantitative estimate of drug-likeness (QED) is 0.471. The molecule has 0 aromatic heterocycles. The first-order valence-corrected chi connectivity index (χ1v) is 7.03. The van der Waals surface area contributed by atoms with E-state index in [4.69, 9.17) is 0 Å². The molecule has 3 rings (SSSR count). The minimum Gasteiger partial charge on any atom is -0.293 e. The van der Waals surface area contributed by atoms with Crippen LogP contribution in [0.1, 0.15) is 51.1 Å². The molecule has 0 spiro atoms. The van der Waals surface area contributed by atoms with Gasteiger partial charge in [0.1, 0.15) is 0 Å². The van der Waals surface area contributed by atoms with Crippen molar-refractivity contribution in [1.29, 1.82) is 0 Å². The highest BCUT2D eigenvalue weighted by atomic mass is 16.2. The van der Waals surface area contributed by atoms with Crippen molar-refractivity contribution >= 4 is 17.3 Å². The summed E-state index contributed by atoms with van der Waals surface area (Å²) in [4.78, 5) is 37.0. The lowest BCUT2D eigenvalue weighted by atomic mass is 9.74. The molecule has 0 saturated carbocycles. The number of Topliss-reactive ketones (excluding diaryl/α,β-unsaturated/α-hetero) is 3. The minimum atomic E-state index is -0.867. The van der Waals surface area contributed by atoms with Gasteiger partial charge in [0.05, 0.1) is 5.92 Å². The van der Waals surface area contributed by atoms with Crippen LogP contribution in [-0.4, -0.2) is 17.3 Å². The van der Waals surface area contributed by atoms with Gasteiger partial charge >= 0.3 is 0 Å².